The molecule has 2 amide bonds. The van der Waals surface area contributed by atoms with Crippen LogP contribution in [0.25, 0.3) is 6.08 Å². The number of nitrogens with zero attached hydrogens (tertiary/aromatic N) is 2. The number of ether oxygens (including phenoxy) is 1. The van der Waals surface area contributed by atoms with Crippen molar-refractivity contribution in [3.63, 3.8) is 0 Å². The van der Waals surface area contributed by atoms with Crippen molar-refractivity contribution in [1.82, 2.24) is 4.90 Å². The van der Waals surface area contributed by atoms with Crippen molar-refractivity contribution >= 4 is 29.3 Å². The van der Waals surface area contributed by atoms with Crippen molar-refractivity contribution in [1.29, 1.82) is 0 Å². The number of carbonyl (C=O) groups excluding carboxylic acids is 2. The number of fused-ring (bicyclic) bond motifs is 1. The van der Waals surface area contributed by atoms with Crippen molar-refractivity contribution in [3.8, 4) is 5.75 Å². The van der Waals surface area contributed by atoms with E-state index in [-0.39, 0.29) is 18.4 Å². The van der Waals surface area contributed by atoms with E-state index in [1.54, 1.807) is 29.2 Å². The molecular formula is C21H23N3O3. The fourth-order valence-corrected chi connectivity index (χ4v) is 2.75. The van der Waals surface area contributed by atoms with E-state index >= 15 is 0 Å². The first-order chi connectivity index (χ1) is 13.0. The van der Waals surface area contributed by atoms with Gasteiger partial charge in [0, 0.05) is 24.9 Å². The van der Waals surface area contributed by atoms with Gasteiger partial charge in [0.25, 0.3) is 5.91 Å². The van der Waals surface area contributed by atoms with Crippen molar-refractivity contribution in [2.45, 2.75) is 0 Å². The summed E-state index contributed by atoms with van der Waals surface area (Å²) >= 11 is 0. The molecule has 0 radical (unpaired) electrons. The largest absolute Gasteiger partial charge is 0.482 e. The first kappa shape index (κ1) is 18.7. The molecule has 0 fully saturated rings. The number of benzene rings is 2. The molecule has 0 bridgehead atoms. The second kappa shape index (κ2) is 8.51. The second-order valence-corrected chi connectivity index (χ2v) is 6.55. The van der Waals surface area contributed by atoms with Gasteiger partial charge >= 0.3 is 0 Å². The number of hydrogen-bond donors (Lipinski definition) is 1. The zero-order valence-corrected chi connectivity index (χ0v) is 15.5. The molecule has 3 rings (SSSR count). The maximum absolute atomic E-state index is 12.2. The number of amides is 2. The Kier molecular flexibility index (Phi) is 5.88. The van der Waals surface area contributed by atoms with Gasteiger partial charge in [-0.25, -0.2) is 0 Å². The molecule has 1 aliphatic rings. The summed E-state index contributed by atoms with van der Waals surface area (Å²) in [6.45, 7) is 1.33. The number of nitrogens with one attached hydrogen (secondary N) is 1. The fourth-order valence-electron chi connectivity index (χ4n) is 2.75. The summed E-state index contributed by atoms with van der Waals surface area (Å²) in [5.74, 6) is 0.324. The van der Waals surface area contributed by atoms with E-state index in [1.807, 2.05) is 49.3 Å². The third kappa shape index (κ3) is 4.95. The van der Waals surface area contributed by atoms with Crippen LogP contribution in [0.1, 0.15) is 5.56 Å². The average Bonchev–Trinajstić information content (AvgIpc) is 2.66. The Balaban J connectivity index is 1.73. The van der Waals surface area contributed by atoms with E-state index in [9.17, 15) is 9.59 Å². The maximum Gasteiger partial charge on any atom is 0.265 e. The Bertz CT molecular complexity index is 847. The third-order valence-electron chi connectivity index (χ3n) is 4.17. The molecule has 0 saturated carbocycles. The highest BCUT2D eigenvalue weighted by Crippen LogP contribution is 2.34. The zero-order chi connectivity index (χ0) is 19.2. The molecule has 1 N–H and O–H groups in total. The SMILES string of the molecule is CN(C)CCN1C(=O)COc2ccc(NC(=O)/C=C/c3ccccc3)cc21. The third-order valence-corrected chi connectivity index (χ3v) is 4.17. The van der Waals surface area contributed by atoms with Gasteiger partial charge in [-0.05, 0) is 43.9 Å². The summed E-state index contributed by atoms with van der Waals surface area (Å²) in [5.41, 5.74) is 2.24. The molecule has 0 saturated heterocycles. The van der Waals surface area contributed by atoms with Crippen molar-refractivity contribution in [2.75, 3.05) is 44.0 Å². The smallest absolute Gasteiger partial charge is 0.265 e. The molecule has 140 valence electrons. The summed E-state index contributed by atoms with van der Waals surface area (Å²) in [4.78, 5) is 28.2. The molecule has 27 heavy (non-hydrogen) atoms. The van der Waals surface area contributed by atoms with Gasteiger partial charge in [-0.3, -0.25) is 9.59 Å². The maximum atomic E-state index is 12.2. The van der Waals surface area contributed by atoms with Crippen LogP contribution in [0.4, 0.5) is 11.4 Å². The number of hydrogen-bond acceptors (Lipinski definition) is 4. The van der Waals surface area contributed by atoms with E-state index in [0.29, 0.717) is 23.7 Å². The molecule has 0 spiro atoms. The van der Waals surface area contributed by atoms with Crippen LogP contribution >= 0.6 is 0 Å². The van der Waals surface area contributed by atoms with E-state index in [4.69, 9.17) is 4.74 Å². The van der Waals surface area contributed by atoms with Gasteiger partial charge in [-0.1, -0.05) is 30.3 Å². The summed E-state index contributed by atoms with van der Waals surface area (Å²) < 4.78 is 5.51. The second-order valence-electron chi connectivity index (χ2n) is 6.55. The van der Waals surface area contributed by atoms with Crippen LogP contribution in [0.15, 0.2) is 54.6 Å². The Hall–Kier alpha value is -3.12. The molecule has 2 aromatic rings. The van der Waals surface area contributed by atoms with Crippen LogP contribution in [0, 0.1) is 0 Å². The highest BCUT2D eigenvalue weighted by atomic mass is 16.5. The summed E-state index contributed by atoms with van der Waals surface area (Å²) in [6.07, 6.45) is 3.24. The summed E-state index contributed by atoms with van der Waals surface area (Å²) in [7, 11) is 3.92. The monoisotopic (exact) mass is 365 g/mol. The van der Waals surface area contributed by atoms with Crippen LogP contribution in [-0.4, -0.2) is 50.5 Å². The minimum Gasteiger partial charge on any atom is -0.482 e. The number of anilines is 2. The molecular weight excluding hydrogens is 342 g/mol. The van der Waals surface area contributed by atoms with Crippen LogP contribution in [0.5, 0.6) is 5.75 Å². The van der Waals surface area contributed by atoms with Gasteiger partial charge < -0.3 is 19.9 Å². The zero-order valence-electron chi connectivity index (χ0n) is 15.5. The van der Waals surface area contributed by atoms with Crippen molar-refractivity contribution in [2.24, 2.45) is 0 Å². The molecule has 6 nitrogen and oxygen atoms in total. The molecule has 1 aliphatic heterocycles. The minimum atomic E-state index is -0.235. The van der Waals surface area contributed by atoms with E-state index in [0.717, 1.165) is 12.1 Å². The molecule has 0 unspecified atom stereocenters. The first-order valence-corrected chi connectivity index (χ1v) is 8.79. The van der Waals surface area contributed by atoms with Gasteiger partial charge in [0.1, 0.15) is 5.75 Å². The fraction of sp³-hybridized carbons (Fsp3) is 0.238. The first-order valence-electron chi connectivity index (χ1n) is 8.79. The number of rotatable bonds is 6. The number of likely N-dealkylation sites (N-methyl/N-ethyl adjacent to an activating group) is 1. The van der Waals surface area contributed by atoms with E-state index in [1.165, 1.54) is 6.08 Å². The summed E-state index contributed by atoms with van der Waals surface area (Å²) in [5, 5.41) is 2.83. The standard InChI is InChI=1S/C21H23N3O3/c1-23(2)12-13-24-18-14-17(9-10-19(18)27-15-21(24)26)22-20(25)11-8-16-6-4-3-5-7-16/h3-11,14H,12-13,15H2,1-2H3,(H,22,25)/b11-8+. The topological polar surface area (TPSA) is 61.9 Å². The Morgan fingerprint density at radius 2 is 2.00 bits per heavy atom. The van der Waals surface area contributed by atoms with Crippen LogP contribution in [-0.2, 0) is 9.59 Å². The number of carbonyl (C=O) groups is 2. The van der Waals surface area contributed by atoms with E-state index < -0.39 is 0 Å². The molecule has 2 aromatic carbocycles. The Labute approximate surface area is 159 Å². The quantitative estimate of drug-likeness (QED) is 0.800. The van der Waals surface area contributed by atoms with Gasteiger partial charge in [0.05, 0.1) is 5.69 Å². The molecule has 6 heteroatoms. The van der Waals surface area contributed by atoms with Crippen molar-refractivity contribution in [3.05, 3.63) is 60.2 Å². The minimum absolute atomic E-state index is 0.0337. The van der Waals surface area contributed by atoms with Gasteiger partial charge in [-0.15, -0.1) is 0 Å². The predicted octanol–water partition coefficient (Wildman–Crippen LogP) is 2.63. The van der Waals surface area contributed by atoms with Gasteiger partial charge in [-0.2, -0.15) is 0 Å². The normalized spacial score (nSPS) is 13.6. The molecule has 0 aromatic heterocycles. The van der Waals surface area contributed by atoms with Crippen LogP contribution in [0.2, 0.25) is 0 Å². The lowest BCUT2D eigenvalue weighted by Gasteiger charge is -2.30. The van der Waals surface area contributed by atoms with Crippen LogP contribution < -0.4 is 15.0 Å². The Morgan fingerprint density at radius 1 is 1.22 bits per heavy atom. The average molecular weight is 365 g/mol. The van der Waals surface area contributed by atoms with Crippen LogP contribution in [0.3, 0.4) is 0 Å². The lowest BCUT2D eigenvalue weighted by molar-refractivity contribution is -0.121. The highest BCUT2D eigenvalue weighted by molar-refractivity contribution is 6.03. The van der Waals surface area contributed by atoms with Crippen molar-refractivity contribution < 1.29 is 14.3 Å². The summed E-state index contributed by atoms with van der Waals surface area (Å²) in [6, 6.07) is 14.9. The predicted molar refractivity (Wildman–Crippen MR) is 107 cm³/mol. The molecule has 1 heterocycles. The van der Waals surface area contributed by atoms with Gasteiger partial charge in [0.15, 0.2) is 6.61 Å². The lowest BCUT2D eigenvalue weighted by atomic mass is 10.2. The highest BCUT2D eigenvalue weighted by Gasteiger charge is 2.25. The lowest BCUT2D eigenvalue weighted by Crippen LogP contribution is -2.42. The molecule has 0 atom stereocenters. The van der Waals surface area contributed by atoms with E-state index in [2.05, 4.69) is 5.32 Å². The van der Waals surface area contributed by atoms with Gasteiger partial charge in [0.2, 0.25) is 5.91 Å². The Morgan fingerprint density at radius 3 is 2.74 bits per heavy atom. The molecule has 0 aliphatic carbocycles.